The topological polar surface area (TPSA) is 36.0 Å². The number of piperidine rings is 1. The number of morpholine rings is 1. The smallest absolute Gasteiger partial charge is 0.253 e. The number of hydrogen-bond donors (Lipinski definition) is 0. The summed E-state index contributed by atoms with van der Waals surface area (Å²) < 4.78 is 5.40. The van der Waals surface area contributed by atoms with Crippen LogP contribution in [-0.2, 0) is 4.74 Å². The largest absolute Gasteiger partial charge is 0.378 e. The molecule has 0 bridgehead atoms. The molecule has 24 heavy (non-hydrogen) atoms. The number of rotatable bonds is 2. The van der Waals surface area contributed by atoms with Crippen molar-refractivity contribution < 1.29 is 9.53 Å². The zero-order chi connectivity index (χ0) is 16.4. The zero-order valence-electron chi connectivity index (χ0n) is 14.3. The summed E-state index contributed by atoms with van der Waals surface area (Å²) in [5, 5.41) is 0. The highest BCUT2D eigenvalue weighted by molar-refractivity contribution is 5.94. The number of nitrogens with zero attached hydrogens (tertiary/aromatic N) is 3. The Morgan fingerprint density at radius 1 is 0.958 bits per heavy atom. The van der Waals surface area contributed by atoms with Crippen LogP contribution in [0.25, 0.3) is 0 Å². The fourth-order valence-corrected chi connectivity index (χ4v) is 4.16. The summed E-state index contributed by atoms with van der Waals surface area (Å²) in [6, 6.07) is 8.70. The first-order valence-electron chi connectivity index (χ1n) is 9.27. The van der Waals surface area contributed by atoms with Crippen LogP contribution in [0, 0.1) is 0 Å². The van der Waals surface area contributed by atoms with Gasteiger partial charge >= 0.3 is 0 Å². The highest BCUT2D eigenvalue weighted by Gasteiger charge is 2.31. The molecule has 0 radical (unpaired) electrons. The Labute approximate surface area is 144 Å². The molecule has 0 aliphatic carbocycles. The van der Waals surface area contributed by atoms with Crippen molar-refractivity contribution in [1.29, 1.82) is 0 Å². The third kappa shape index (κ3) is 3.28. The summed E-state index contributed by atoms with van der Waals surface area (Å²) in [5.41, 5.74) is 2.00. The van der Waals surface area contributed by atoms with E-state index in [9.17, 15) is 4.79 Å². The van der Waals surface area contributed by atoms with Gasteiger partial charge in [0.05, 0.1) is 13.2 Å². The van der Waals surface area contributed by atoms with Gasteiger partial charge in [-0.15, -0.1) is 0 Å². The summed E-state index contributed by atoms with van der Waals surface area (Å²) in [5.74, 6) is 0.189. The van der Waals surface area contributed by atoms with Gasteiger partial charge in [-0.25, -0.2) is 0 Å². The molecule has 1 atom stereocenters. The number of amides is 1. The average Bonchev–Trinajstić information content (AvgIpc) is 2.68. The zero-order valence-corrected chi connectivity index (χ0v) is 14.3. The van der Waals surface area contributed by atoms with E-state index in [1.54, 1.807) is 0 Å². The minimum atomic E-state index is 0.189. The van der Waals surface area contributed by atoms with Crippen LogP contribution in [-0.4, -0.2) is 74.2 Å². The lowest BCUT2D eigenvalue weighted by atomic mass is 9.99. The van der Waals surface area contributed by atoms with Gasteiger partial charge in [0.25, 0.3) is 5.91 Å². The van der Waals surface area contributed by atoms with Crippen molar-refractivity contribution in [3.05, 3.63) is 29.8 Å². The van der Waals surface area contributed by atoms with E-state index in [2.05, 4.69) is 26.8 Å². The molecule has 1 aromatic carbocycles. The maximum absolute atomic E-state index is 12.8. The molecule has 0 aromatic heterocycles. The number of anilines is 1. The lowest BCUT2D eigenvalue weighted by Gasteiger charge is -2.44. The Kier molecular flexibility index (Phi) is 4.72. The predicted octanol–water partition coefficient (Wildman–Crippen LogP) is 1.83. The highest BCUT2D eigenvalue weighted by atomic mass is 16.5. The summed E-state index contributed by atoms with van der Waals surface area (Å²) in [7, 11) is 0. The molecular formula is C19H27N3O2. The van der Waals surface area contributed by atoms with E-state index in [0.717, 1.165) is 51.5 Å². The molecule has 1 aromatic rings. The molecule has 3 heterocycles. The summed E-state index contributed by atoms with van der Waals surface area (Å²) >= 11 is 0. The van der Waals surface area contributed by atoms with Crippen molar-refractivity contribution in [1.82, 2.24) is 9.80 Å². The van der Waals surface area contributed by atoms with E-state index in [1.165, 1.54) is 31.5 Å². The number of benzene rings is 1. The molecule has 0 N–H and O–H groups in total. The van der Waals surface area contributed by atoms with Crippen LogP contribution in [0.3, 0.4) is 0 Å². The van der Waals surface area contributed by atoms with Gasteiger partial charge in [-0.05, 0) is 43.7 Å². The molecule has 130 valence electrons. The Morgan fingerprint density at radius 2 is 1.75 bits per heavy atom. The van der Waals surface area contributed by atoms with Crippen molar-refractivity contribution in [3.8, 4) is 0 Å². The molecular weight excluding hydrogens is 302 g/mol. The van der Waals surface area contributed by atoms with Crippen LogP contribution >= 0.6 is 0 Å². The SMILES string of the molecule is O=C(c1ccc(N2CCOCC2)cc1)N1CCN2CCCC[C@H]2C1. The standard InChI is InChI=1S/C19H27N3O2/c23-19(22-10-9-20-8-2-1-3-18(20)15-22)16-4-6-17(7-5-16)21-11-13-24-14-12-21/h4-7,18H,1-3,8-15H2/t18-/m0/s1. The normalized spacial score (nSPS) is 25.4. The number of carbonyl (C=O) groups is 1. The van der Waals surface area contributed by atoms with Crippen molar-refractivity contribution in [2.75, 3.05) is 57.4 Å². The predicted molar refractivity (Wildman–Crippen MR) is 94.6 cm³/mol. The molecule has 4 rings (SSSR count). The van der Waals surface area contributed by atoms with Crippen molar-refractivity contribution >= 4 is 11.6 Å². The summed E-state index contributed by atoms with van der Waals surface area (Å²) in [6.45, 7) is 7.42. The van der Waals surface area contributed by atoms with Gasteiger partial charge in [0, 0.05) is 50.0 Å². The van der Waals surface area contributed by atoms with Crippen LogP contribution in [0.2, 0.25) is 0 Å². The Morgan fingerprint density at radius 3 is 2.54 bits per heavy atom. The van der Waals surface area contributed by atoms with Crippen LogP contribution < -0.4 is 4.90 Å². The fraction of sp³-hybridized carbons (Fsp3) is 0.632. The van der Waals surface area contributed by atoms with Gasteiger partial charge in [0.15, 0.2) is 0 Å². The molecule has 5 nitrogen and oxygen atoms in total. The Hall–Kier alpha value is -1.59. The number of carbonyl (C=O) groups excluding carboxylic acids is 1. The molecule has 0 unspecified atom stereocenters. The molecule has 3 saturated heterocycles. The van der Waals surface area contributed by atoms with E-state index < -0.39 is 0 Å². The number of fused-ring (bicyclic) bond motifs is 1. The lowest BCUT2D eigenvalue weighted by molar-refractivity contribution is 0.0372. The molecule has 3 aliphatic rings. The second-order valence-electron chi connectivity index (χ2n) is 7.08. The quantitative estimate of drug-likeness (QED) is 0.829. The number of ether oxygens (including phenoxy) is 1. The third-order valence-electron chi connectivity index (χ3n) is 5.62. The van der Waals surface area contributed by atoms with Crippen molar-refractivity contribution in [3.63, 3.8) is 0 Å². The van der Waals surface area contributed by atoms with Crippen LogP contribution in [0.1, 0.15) is 29.6 Å². The van der Waals surface area contributed by atoms with E-state index in [4.69, 9.17) is 4.74 Å². The Bertz CT molecular complexity index is 568. The molecule has 3 aliphatic heterocycles. The third-order valence-corrected chi connectivity index (χ3v) is 5.62. The van der Waals surface area contributed by atoms with E-state index >= 15 is 0 Å². The average molecular weight is 329 g/mol. The van der Waals surface area contributed by atoms with Crippen LogP contribution in [0.5, 0.6) is 0 Å². The van der Waals surface area contributed by atoms with Gasteiger partial charge in [0.2, 0.25) is 0 Å². The number of piperazine rings is 1. The minimum Gasteiger partial charge on any atom is -0.378 e. The maximum atomic E-state index is 12.8. The van der Waals surface area contributed by atoms with Crippen LogP contribution in [0.4, 0.5) is 5.69 Å². The monoisotopic (exact) mass is 329 g/mol. The molecule has 0 spiro atoms. The van der Waals surface area contributed by atoms with Gasteiger partial charge in [-0.1, -0.05) is 6.42 Å². The van der Waals surface area contributed by atoms with E-state index in [-0.39, 0.29) is 5.91 Å². The molecule has 1 amide bonds. The number of hydrogen-bond acceptors (Lipinski definition) is 4. The maximum Gasteiger partial charge on any atom is 0.253 e. The van der Waals surface area contributed by atoms with Gasteiger partial charge < -0.3 is 14.5 Å². The summed E-state index contributed by atoms with van der Waals surface area (Å²) in [4.78, 5) is 19.8. The first kappa shape index (κ1) is 15.9. The second kappa shape index (κ2) is 7.11. The highest BCUT2D eigenvalue weighted by Crippen LogP contribution is 2.23. The Balaban J connectivity index is 1.40. The van der Waals surface area contributed by atoms with Crippen LogP contribution in [0.15, 0.2) is 24.3 Å². The van der Waals surface area contributed by atoms with Gasteiger partial charge in [-0.2, -0.15) is 0 Å². The van der Waals surface area contributed by atoms with Gasteiger partial charge in [0.1, 0.15) is 0 Å². The lowest BCUT2D eigenvalue weighted by Crippen LogP contribution is -2.56. The molecule has 3 fully saturated rings. The van der Waals surface area contributed by atoms with E-state index in [1.807, 2.05) is 12.1 Å². The second-order valence-corrected chi connectivity index (χ2v) is 7.08. The van der Waals surface area contributed by atoms with Crippen molar-refractivity contribution in [2.45, 2.75) is 25.3 Å². The van der Waals surface area contributed by atoms with Gasteiger partial charge in [-0.3, -0.25) is 9.69 Å². The minimum absolute atomic E-state index is 0.189. The van der Waals surface area contributed by atoms with E-state index in [0.29, 0.717) is 6.04 Å². The van der Waals surface area contributed by atoms with Crippen molar-refractivity contribution in [2.24, 2.45) is 0 Å². The first-order valence-corrected chi connectivity index (χ1v) is 9.27. The first-order chi connectivity index (χ1) is 11.8. The molecule has 5 heteroatoms. The summed E-state index contributed by atoms with van der Waals surface area (Å²) in [6.07, 6.45) is 3.85. The molecule has 0 saturated carbocycles. The fourth-order valence-electron chi connectivity index (χ4n) is 4.16.